The Bertz CT molecular complexity index is 430. The van der Waals surface area contributed by atoms with Crippen molar-refractivity contribution in [3.05, 3.63) is 24.3 Å². The average Bonchev–Trinajstić information content (AvgIpc) is 2.23. The second-order valence-electron chi connectivity index (χ2n) is 3.10. The predicted molar refractivity (Wildman–Crippen MR) is 62.7 cm³/mol. The number of halogens is 1. The van der Waals surface area contributed by atoms with Crippen molar-refractivity contribution in [2.24, 2.45) is 0 Å². The van der Waals surface area contributed by atoms with Gasteiger partial charge >= 0.3 is 0 Å². The Labute approximate surface area is 99.6 Å². The van der Waals surface area contributed by atoms with E-state index in [4.69, 9.17) is 20.2 Å². The maximum atomic E-state index is 10.7. The molecule has 1 aromatic carbocycles. The fourth-order valence-electron chi connectivity index (χ4n) is 1.15. The van der Waals surface area contributed by atoms with E-state index in [9.17, 15) is 8.42 Å². The SMILES string of the molecule is COc1ccccc1OCCCS(=O)(=O)Cl. The van der Waals surface area contributed by atoms with Crippen LogP contribution >= 0.6 is 10.7 Å². The van der Waals surface area contributed by atoms with E-state index in [0.717, 1.165) is 0 Å². The summed E-state index contributed by atoms with van der Waals surface area (Å²) in [5.41, 5.74) is 0. The lowest BCUT2D eigenvalue weighted by atomic mass is 10.3. The summed E-state index contributed by atoms with van der Waals surface area (Å²) < 4.78 is 31.8. The van der Waals surface area contributed by atoms with Gasteiger partial charge in [-0.05, 0) is 18.6 Å². The van der Waals surface area contributed by atoms with Crippen LogP contribution in [0.1, 0.15) is 6.42 Å². The summed E-state index contributed by atoms with van der Waals surface area (Å²) in [6.45, 7) is 0.284. The Balaban J connectivity index is 2.43. The molecule has 4 nitrogen and oxygen atoms in total. The van der Waals surface area contributed by atoms with Crippen LogP contribution in [0.2, 0.25) is 0 Å². The topological polar surface area (TPSA) is 52.6 Å². The number of methoxy groups -OCH3 is 1. The van der Waals surface area contributed by atoms with Gasteiger partial charge in [0.1, 0.15) is 0 Å². The summed E-state index contributed by atoms with van der Waals surface area (Å²) in [5, 5.41) is 0. The van der Waals surface area contributed by atoms with Crippen LogP contribution < -0.4 is 9.47 Å². The molecule has 0 N–H and O–H groups in total. The van der Waals surface area contributed by atoms with Crippen molar-refractivity contribution in [3.63, 3.8) is 0 Å². The van der Waals surface area contributed by atoms with Gasteiger partial charge in [-0.25, -0.2) is 8.42 Å². The fraction of sp³-hybridized carbons (Fsp3) is 0.400. The van der Waals surface area contributed by atoms with Gasteiger partial charge in [0.2, 0.25) is 9.05 Å². The Morgan fingerprint density at radius 1 is 1.25 bits per heavy atom. The quantitative estimate of drug-likeness (QED) is 0.583. The molecule has 0 heterocycles. The van der Waals surface area contributed by atoms with Crippen LogP contribution in [0.15, 0.2) is 24.3 Å². The molecule has 0 aliphatic rings. The number of hydrogen-bond acceptors (Lipinski definition) is 4. The third kappa shape index (κ3) is 4.72. The van der Waals surface area contributed by atoms with Crippen molar-refractivity contribution in [1.29, 1.82) is 0 Å². The van der Waals surface area contributed by atoms with Gasteiger partial charge < -0.3 is 9.47 Å². The van der Waals surface area contributed by atoms with Gasteiger partial charge in [-0.2, -0.15) is 0 Å². The van der Waals surface area contributed by atoms with Crippen LogP contribution in [0.3, 0.4) is 0 Å². The van der Waals surface area contributed by atoms with E-state index in [1.165, 1.54) is 0 Å². The molecule has 0 bridgehead atoms. The maximum absolute atomic E-state index is 10.7. The number of hydrogen-bond donors (Lipinski definition) is 0. The Morgan fingerprint density at radius 3 is 2.44 bits per heavy atom. The smallest absolute Gasteiger partial charge is 0.232 e. The molecule has 0 amide bonds. The van der Waals surface area contributed by atoms with Crippen molar-refractivity contribution < 1.29 is 17.9 Å². The first-order chi connectivity index (χ1) is 7.53. The van der Waals surface area contributed by atoms with Crippen LogP contribution in [0.5, 0.6) is 11.5 Å². The zero-order chi connectivity index (χ0) is 12.0. The Kier molecular flexibility index (Phi) is 4.89. The first kappa shape index (κ1) is 13.1. The normalized spacial score (nSPS) is 11.1. The highest BCUT2D eigenvalue weighted by molar-refractivity contribution is 8.13. The predicted octanol–water partition coefficient (Wildman–Crippen LogP) is 2.03. The first-order valence-corrected chi connectivity index (χ1v) is 7.19. The second kappa shape index (κ2) is 5.96. The van der Waals surface area contributed by atoms with Crippen LogP contribution in [-0.4, -0.2) is 27.9 Å². The maximum Gasteiger partial charge on any atom is 0.232 e. The van der Waals surface area contributed by atoms with Gasteiger partial charge in [-0.3, -0.25) is 0 Å². The highest BCUT2D eigenvalue weighted by atomic mass is 35.7. The van der Waals surface area contributed by atoms with E-state index in [1.54, 1.807) is 19.2 Å². The van der Waals surface area contributed by atoms with Gasteiger partial charge in [0, 0.05) is 10.7 Å². The molecule has 0 aliphatic carbocycles. The molecule has 0 fully saturated rings. The largest absolute Gasteiger partial charge is 0.493 e. The minimum atomic E-state index is -3.43. The summed E-state index contributed by atoms with van der Waals surface area (Å²) in [4.78, 5) is 0. The molecular formula is C10H13ClO4S. The standard InChI is InChI=1S/C10H13ClO4S/c1-14-9-5-2-3-6-10(9)15-7-4-8-16(11,12)13/h2-3,5-6H,4,7-8H2,1H3. The summed E-state index contributed by atoms with van der Waals surface area (Å²) in [6.07, 6.45) is 0.351. The van der Waals surface area contributed by atoms with Gasteiger partial charge in [0.05, 0.1) is 19.5 Å². The van der Waals surface area contributed by atoms with Gasteiger partial charge in [-0.1, -0.05) is 12.1 Å². The zero-order valence-corrected chi connectivity index (χ0v) is 10.4. The molecule has 16 heavy (non-hydrogen) atoms. The van der Waals surface area contributed by atoms with Crippen LogP contribution in [0, 0.1) is 0 Å². The lowest BCUT2D eigenvalue weighted by Crippen LogP contribution is -2.05. The highest BCUT2D eigenvalue weighted by Gasteiger charge is 2.06. The lowest BCUT2D eigenvalue weighted by molar-refractivity contribution is 0.295. The molecule has 0 atom stereocenters. The summed E-state index contributed by atoms with van der Waals surface area (Å²) in [5.74, 6) is 1.12. The monoisotopic (exact) mass is 264 g/mol. The summed E-state index contributed by atoms with van der Waals surface area (Å²) in [7, 11) is 3.18. The van der Waals surface area contributed by atoms with E-state index in [1.807, 2.05) is 12.1 Å². The number of rotatable bonds is 6. The van der Waals surface area contributed by atoms with Gasteiger partial charge in [0.15, 0.2) is 11.5 Å². The van der Waals surface area contributed by atoms with Crippen molar-refractivity contribution in [1.82, 2.24) is 0 Å². The molecule has 1 rings (SSSR count). The van der Waals surface area contributed by atoms with E-state index >= 15 is 0 Å². The van der Waals surface area contributed by atoms with Crippen molar-refractivity contribution in [2.75, 3.05) is 19.5 Å². The van der Waals surface area contributed by atoms with E-state index < -0.39 is 9.05 Å². The fourth-order valence-corrected chi connectivity index (χ4v) is 1.94. The first-order valence-electron chi connectivity index (χ1n) is 4.71. The van der Waals surface area contributed by atoms with E-state index in [2.05, 4.69) is 0 Å². The van der Waals surface area contributed by atoms with Gasteiger partial charge in [-0.15, -0.1) is 0 Å². The minimum absolute atomic E-state index is 0.0935. The molecule has 0 radical (unpaired) electrons. The summed E-state index contributed by atoms with van der Waals surface area (Å²) in [6, 6.07) is 7.17. The average molecular weight is 265 g/mol. The van der Waals surface area contributed by atoms with Crippen molar-refractivity contribution in [2.45, 2.75) is 6.42 Å². The van der Waals surface area contributed by atoms with E-state index in [0.29, 0.717) is 17.9 Å². The molecule has 0 saturated heterocycles. The molecule has 0 unspecified atom stereocenters. The number of ether oxygens (including phenoxy) is 2. The third-order valence-electron chi connectivity index (χ3n) is 1.86. The molecular weight excluding hydrogens is 252 g/mol. The molecule has 0 aromatic heterocycles. The highest BCUT2D eigenvalue weighted by Crippen LogP contribution is 2.25. The van der Waals surface area contributed by atoms with Gasteiger partial charge in [0.25, 0.3) is 0 Å². The minimum Gasteiger partial charge on any atom is -0.493 e. The molecule has 1 aromatic rings. The van der Waals surface area contributed by atoms with E-state index in [-0.39, 0.29) is 12.4 Å². The summed E-state index contributed by atoms with van der Waals surface area (Å²) >= 11 is 0. The second-order valence-corrected chi connectivity index (χ2v) is 5.99. The van der Waals surface area contributed by atoms with Crippen LogP contribution in [-0.2, 0) is 9.05 Å². The Morgan fingerprint density at radius 2 is 1.88 bits per heavy atom. The van der Waals surface area contributed by atoms with Crippen molar-refractivity contribution >= 4 is 19.7 Å². The molecule has 90 valence electrons. The third-order valence-corrected chi connectivity index (χ3v) is 3.10. The number of benzene rings is 1. The molecule has 0 aliphatic heterocycles. The number of para-hydroxylation sites is 2. The Hall–Kier alpha value is -0.940. The molecule has 6 heteroatoms. The molecule has 0 spiro atoms. The van der Waals surface area contributed by atoms with Crippen LogP contribution in [0.4, 0.5) is 0 Å². The van der Waals surface area contributed by atoms with Crippen LogP contribution in [0.25, 0.3) is 0 Å². The van der Waals surface area contributed by atoms with Crippen molar-refractivity contribution in [3.8, 4) is 11.5 Å². The zero-order valence-electron chi connectivity index (χ0n) is 8.85. The molecule has 0 saturated carbocycles. The lowest BCUT2D eigenvalue weighted by Gasteiger charge is -2.09.